The second-order valence-electron chi connectivity index (χ2n) is 3.95. The summed E-state index contributed by atoms with van der Waals surface area (Å²) in [6, 6.07) is 9.84. The SMILES string of the molecule is C=C(C)CC(N)c1cc2ccccc2o1. The highest BCUT2D eigenvalue weighted by Gasteiger charge is 2.11. The molecule has 0 aliphatic heterocycles. The van der Waals surface area contributed by atoms with Gasteiger partial charge in [0.15, 0.2) is 0 Å². The number of fused-ring (bicyclic) bond motifs is 1. The lowest BCUT2D eigenvalue weighted by atomic mass is 10.1. The van der Waals surface area contributed by atoms with Crippen molar-refractivity contribution in [2.75, 3.05) is 0 Å². The van der Waals surface area contributed by atoms with Gasteiger partial charge in [-0.2, -0.15) is 0 Å². The van der Waals surface area contributed by atoms with Crippen molar-refractivity contribution in [3.63, 3.8) is 0 Å². The zero-order chi connectivity index (χ0) is 10.8. The van der Waals surface area contributed by atoms with Gasteiger partial charge in [0.1, 0.15) is 11.3 Å². The second-order valence-corrected chi connectivity index (χ2v) is 3.95. The van der Waals surface area contributed by atoms with Crippen molar-refractivity contribution in [2.24, 2.45) is 5.73 Å². The minimum atomic E-state index is -0.0881. The molecule has 1 unspecified atom stereocenters. The Morgan fingerprint density at radius 3 is 2.87 bits per heavy atom. The molecular formula is C13H15NO. The van der Waals surface area contributed by atoms with Gasteiger partial charge >= 0.3 is 0 Å². The Morgan fingerprint density at radius 1 is 1.47 bits per heavy atom. The predicted molar refractivity (Wildman–Crippen MR) is 62.6 cm³/mol. The Labute approximate surface area is 89.4 Å². The molecule has 2 heteroatoms. The standard InChI is InChI=1S/C13H15NO/c1-9(2)7-11(14)13-8-10-5-3-4-6-12(10)15-13/h3-6,8,11H,1,7,14H2,2H3. The Morgan fingerprint density at radius 2 is 2.20 bits per heavy atom. The third-order valence-electron chi connectivity index (χ3n) is 2.38. The van der Waals surface area contributed by atoms with Gasteiger partial charge in [-0.05, 0) is 25.5 Å². The van der Waals surface area contributed by atoms with E-state index in [0.717, 1.165) is 28.7 Å². The van der Waals surface area contributed by atoms with Gasteiger partial charge in [-0.15, -0.1) is 6.58 Å². The summed E-state index contributed by atoms with van der Waals surface area (Å²) in [5.41, 5.74) is 7.97. The number of rotatable bonds is 3. The highest BCUT2D eigenvalue weighted by molar-refractivity contribution is 5.77. The first-order valence-electron chi connectivity index (χ1n) is 5.05. The molecule has 1 aromatic heterocycles. The molecule has 2 nitrogen and oxygen atoms in total. The Hall–Kier alpha value is -1.54. The zero-order valence-corrected chi connectivity index (χ0v) is 8.86. The first kappa shape index (κ1) is 9.99. The summed E-state index contributed by atoms with van der Waals surface area (Å²) in [5, 5.41) is 1.10. The fourth-order valence-corrected chi connectivity index (χ4v) is 1.66. The third-order valence-corrected chi connectivity index (χ3v) is 2.38. The maximum atomic E-state index is 6.01. The molecule has 2 aromatic rings. The molecule has 2 rings (SSSR count). The van der Waals surface area contributed by atoms with Crippen LogP contribution in [0.15, 0.2) is 46.9 Å². The lowest BCUT2D eigenvalue weighted by molar-refractivity contribution is 0.493. The van der Waals surface area contributed by atoms with Crippen LogP contribution in [-0.2, 0) is 0 Å². The highest BCUT2D eigenvalue weighted by atomic mass is 16.3. The van der Waals surface area contributed by atoms with E-state index in [1.807, 2.05) is 37.3 Å². The van der Waals surface area contributed by atoms with Crippen molar-refractivity contribution in [1.29, 1.82) is 0 Å². The normalized spacial score (nSPS) is 12.9. The van der Waals surface area contributed by atoms with E-state index in [-0.39, 0.29) is 6.04 Å². The molecule has 0 radical (unpaired) electrons. The van der Waals surface area contributed by atoms with E-state index < -0.39 is 0 Å². The number of hydrogen-bond donors (Lipinski definition) is 1. The minimum absolute atomic E-state index is 0.0881. The van der Waals surface area contributed by atoms with E-state index in [1.54, 1.807) is 0 Å². The smallest absolute Gasteiger partial charge is 0.134 e. The summed E-state index contributed by atoms with van der Waals surface area (Å²) in [7, 11) is 0. The van der Waals surface area contributed by atoms with Crippen LogP contribution in [0.2, 0.25) is 0 Å². The molecular weight excluding hydrogens is 186 g/mol. The van der Waals surface area contributed by atoms with E-state index in [4.69, 9.17) is 10.2 Å². The summed E-state index contributed by atoms with van der Waals surface area (Å²) in [6.45, 7) is 5.83. The summed E-state index contributed by atoms with van der Waals surface area (Å²) in [4.78, 5) is 0. The molecule has 0 saturated heterocycles. The Balaban J connectivity index is 2.32. The molecule has 78 valence electrons. The summed E-state index contributed by atoms with van der Waals surface area (Å²) < 4.78 is 5.66. The molecule has 1 heterocycles. The molecule has 0 amide bonds. The van der Waals surface area contributed by atoms with Crippen LogP contribution in [0.4, 0.5) is 0 Å². The largest absolute Gasteiger partial charge is 0.459 e. The molecule has 0 spiro atoms. The summed E-state index contributed by atoms with van der Waals surface area (Å²) in [6.07, 6.45) is 0.764. The van der Waals surface area contributed by atoms with Crippen molar-refractivity contribution in [3.05, 3.63) is 48.2 Å². The molecule has 1 aromatic carbocycles. The van der Waals surface area contributed by atoms with E-state index in [9.17, 15) is 0 Å². The van der Waals surface area contributed by atoms with Crippen LogP contribution in [0.3, 0.4) is 0 Å². The van der Waals surface area contributed by atoms with Gasteiger partial charge in [0.25, 0.3) is 0 Å². The van der Waals surface area contributed by atoms with Crippen LogP contribution >= 0.6 is 0 Å². The maximum Gasteiger partial charge on any atom is 0.134 e. The molecule has 2 N–H and O–H groups in total. The van der Waals surface area contributed by atoms with Gasteiger partial charge in [0, 0.05) is 5.39 Å². The van der Waals surface area contributed by atoms with Crippen LogP contribution in [0.1, 0.15) is 25.1 Å². The highest BCUT2D eigenvalue weighted by Crippen LogP contribution is 2.25. The van der Waals surface area contributed by atoms with Gasteiger partial charge in [0.2, 0.25) is 0 Å². The number of benzene rings is 1. The average Bonchev–Trinajstić information content (AvgIpc) is 2.59. The van der Waals surface area contributed by atoms with Gasteiger partial charge in [0.05, 0.1) is 6.04 Å². The second kappa shape index (κ2) is 3.91. The number of hydrogen-bond acceptors (Lipinski definition) is 2. The topological polar surface area (TPSA) is 39.2 Å². The molecule has 0 aliphatic rings. The molecule has 0 aliphatic carbocycles. The maximum absolute atomic E-state index is 6.01. The molecule has 0 saturated carbocycles. The van der Waals surface area contributed by atoms with Gasteiger partial charge in [-0.3, -0.25) is 0 Å². The first-order valence-corrected chi connectivity index (χ1v) is 5.05. The number of para-hydroxylation sites is 1. The predicted octanol–water partition coefficient (Wildman–Crippen LogP) is 3.40. The molecule has 0 bridgehead atoms. The van der Waals surface area contributed by atoms with E-state index >= 15 is 0 Å². The average molecular weight is 201 g/mol. The van der Waals surface area contributed by atoms with Gasteiger partial charge < -0.3 is 10.2 Å². The first-order chi connectivity index (χ1) is 7.16. The molecule has 0 fully saturated rings. The van der Waals surface area contributed by atoms with Crippen LogP contribution in [0.25, 0.3) is 11.0 Å². The van der Waals surface area contributed by atoms with E-state index in [2.05, 4.69) is 6.58 Å². The van der Waals surface area contributed by atoms with Crippen LogP contribution in [0, 0.1) is 0 Å². The monoisotopic (exact) mass is 201 g/mol. The molecule has 15 heavy (non-hydrogen) atoms. The van der Waals surface area contributed by atoms with Gasteiger partial charge in [-0.25, -0.2) is 0 Å². The van der Waals surface area contributed by atoms with E-state index in [0.29, 0.717) is 0 Å². The Bertz CT molecular complexity index is 451. The quantitative estimate of drug-likeness (QED) is 0.773. The minimum Gasteiger partial charge on any atom is -0.459 e. The van der Waals surface area contributed by atoms with Crippen molar-refractivity contribution in [1.82, 2.24) is 0 Å². The summed E-state index contributed by atoms with van der Waals surface area (Å²) >= 11 is 0. The lowest BCUT2D eigenvalue weighted by Crippen LogP contribution is -2.09. The fraction of sp³-hybridized carbons (Fsp3) is 0.231. The number of nitrogens with two attached hydrogens (primary N) is 1. The fourth-order valence-electron chi connectivity index (χ4n) is 1.66. The van der Waals surface area contributed by atoms with Crippen LogP contribution in [-0.4, -0.2) is 0 Å². The lowest BCUT2D eigenvalue weighted by Gasteiger charge is -2.06. The van der Waals surface area contributed by atoms with Crippen molar-refractivity contribution < 1.29 is 4.42 Å². The Kier molecular flexibility index (Phi) is 2.60. The van der Waals surface area contributed by atoms with Crippen molar-refractivity contribution in [2.45, 2.75) is 19.4 Å². The number of furan rings is 1. The van der Waals surface area contributed by atoms with E-state index in [1.165, 1.54) is 0 Å². The molecule has 1 atom stereocenters. The van der Waals surface area contributed by atoms with Crippen LogP contribution < -0.4 is 5.73 Å². The third kappa shape index (κ3) is 2.10. The van der Waals surface area contributed by atoms with Crippen molar-refractivity contribution in [3.8, 4) is 0 Å². The van der Waals surface area contributed by atoms with Gasteiger partial charge in [-0.1, -0.05) is 23.8 Å². The summed E-state index contributed by atoms with van der Waals surface area (Å²) in [5.74, 6) is 0.833. The van der Waals surface area contributed by atoms with Crippen LogP contribution in [0.5, 0.6) is 0 Å². The van der Waals surface area contributed by atoms with Crippen molar-refractivity contribution >= 4 is 11.0 Å². The zero-order valence-electron chi connectivity index (χ0n) is 8.86.